The molecule has 0 bridgehead atoms. The van der Waals surface area contributed by atoms with Crippen LogP contribution >= 0.6 is 0 Å². The number of aromatic nitrogens is 2. The quantitative estimate of drug-likeness (QED) is 0.714. The van der Waals surface area contributed by atoms with E-state index in [1.807, 2.05) is 11.8 Å². The standard InChI is InChI=1S/C21H24F2N4O4/c1-13-10-14-15(4-3-5-16(14)31-21(22)23)27(13)20(29)11-17-24-18(12-19(28)25(17)2)26-6-8-30-9-7-26/h3-5,12-13,21H,6-11H2,1-2H3/t13-/m1/s1. The van der Waals surface area contributed by atoms with E-state index in [1.165, 1.54) is 16.7 Å². The van der Waals surface area contributed by atoms with E-state index in [2.05, 4.69) is 9.72 Å². The van der Waals surface area contributed by atoms with Gasteiger partial charge < -0.3 is 19.3 Å². The van der Waals surface area contributed by atoms with E-state index < -0.39 is 6.61 Å². The van der Waals surface area contributed by atoms with Crippen LogP contribution in [0.25, 0.3) is 0 Å². The third-order valence-electron chi connectivity index (χ3n) is 5.65. The summed E-state index contributed by atoms with van der Waals surface area (Å²) < 4.78 is 36.8. The molecule has 4 rings (SSSR count). The number of carbonyl (C=O) groups is 1. The molecule has 3 heterocycles. The van der Waals surface area contributed by atoms with Gasteiger partial charge in [-0.25, -0.2) is 4.98 Å². The lowest BCUT2D eigenvalue weighted by atomic mass is 10.1. The maximum Gasteiger partial charge on any atom is 0.387 e. The molecular formula is C21H24F2N4O4. The lowest BCUT2D eigenvalue weighted by Gasteiger charge is -2.28. The fourth-order valence-corrected chi connectivity index (χ4v) is 4.10. The van der Waals surface area contributed by atoms with Gasteiger partial charge in [0.15, 0.2) is 0 Å². The zero-order chi connectivity index (χ0) is 22.1. The van der Waals surface area contributed by atoms with Gasteiger partial charge in [0.1, 0.15) is 17.4 Å². The fraction of sp³-hybridized carbons (Fsp3) is 0.476. The highest BCUT2D eigenvalue weighted by molar-refractivity contribution is 5.97. The summed E-state index contributed by atoms with van der Waals surface area (Å²) in [5, 5.41) is 0. The highest BCUT2D eigenvalue weighted by Crippen LogP contribution is 2.39. The van der Waals surface area contributed by atoms with Crippen LogP contribution < -0.4 is 20.1 Å². The maximum atomic E-state index is 13.2. The molecule has 0 spiro atoms. The first-order chi connectivity index (χ1) is 14.8. The van der Waals surface area contributed by atoms with Gasteiger partial charge in [0.05, 0.1) is 25.3 Å². The topological polar surface area (TPSA) is 76.9 Å². The van der Waals surface area contributed by atoms with Crippen molar-refractivity contribution >= 4 is 17.4 Å². The first kappa shape index (κ1) is 21.2. The predicted octanol–water partition coefficient (Wildman–Crippen LogP) is 1.74. The second kappa shape index (κ2) is 8.62. The van der Waals surface area contributed by atoms with Crippen molar-refractivity contribution in [1.82, 2.24) is 9.55 Å². The lowest BCUT2D eigenvalue weighted by molar-refractivity contribution is -0.118. The van der Waals surface area contributed by atoms with Crippen LogP contribution in [0.15, 0.2) is 29.1 Å². The molecular weight excluding hydrogens is 410 g/mol. The van der Waals surface area contributed by atoms with Gasteiger partial charge in [-0.2, -0.15) is 8.78 Å². The third kappa shape index (κ3) is 4.25. The van der Waals surface area contributed by atoms with Crippen molar-refractivity contribution in [3.05, 3.63) is 46.0 Å². The zero-order valence-corrected chi connectivity index (χ0v) is 17.4. The number of alkyl halides is 2. The van der Waals surface area contributed by atoms with Crippen LogP contribution in [0.1, 0.15) is 18.3 Å². The summed E-state index contributed by atoms with van der Waals surface area (Å²) in [6.07, 6.45) is 0.317. The number of benzene rings is 1. The van der Waals surface area contributed by atoms with E-state index in [1.54, 1.807) is 24.1 Å². The number of amides is 1. The molecule has 1 aromatic heterocycles. The molecule has 31 heavy (non-hydrogen) atoms. The Bertz CT molecular complexity index is 1040. The van der Waals surface area contributed by atoms with Crippen molar-refractivity contribution in [1.29, 1.82) is 0 Å². The Labute approximate surface area is 178 Å². The van der Waals surface area contributed by atoms with Crippen LogP contribution in [0.4, 0.5) is 20.3 Å². The van der Waals surface area contributed by atoms with Crippen molar-refractivity contribution in [2.45, 2.75) is 32.4 Å². The molecule has 0 aliphatic carbocycles. The molecule has 166 valence electrons. The molecule has 2 aliphatic heterocycles. The number of fused-ring (bicyclic) bond motifs is 1. The largest absolute Gasteiger partial charge is 0.434 e. The highest BCUT2D eigenvalue weighted by atomic mass is 19.3. The second-order valence-corrected chi connectivity index (χ2v) is 7.65. The molecule has 0 unspecified atom stereocenters. The van der Waals surface area contributed by atoms with Gasteiger partial charge in [0, 0.05) is 37.8 Å². The van der Waals surface area contributed by atoms with Gasteiger partial charge in [0.2, 0.25) is 5.91 Å². The minimum atomic E-state index is -2.94. The minimum absolute atomic E-state index is 0.0782. The monoisotopic (exact) mass is 434 g/mol. The molecule has 1 amide bonds. The average molecular weight is 434 g/mol. The van der Waals surface area contributed by atoms with Gasteiger partial charge in [-0.15, -0.1) is 0 Å². The summed E-state index contributed by atoms with van der Waals surface area (Å²) in [6.45, 7) is 1.26. The van der Waals surface area contributed by atoms with Gasteiger partial charge in [-0.1, -0.05) is 6.07 Å². The minimum Gasteiger partial charge on any atom is -0.434 e. The normalized spacial score (nSPS) is 18.4. The highest BCUT2D eigenvalue weighted by Gasteiger charge is 2.34. The second-order valence-electron chi connectivity index (χ2n) is 7.65. The predicted molar refractivity (Wildman–Crippen MR) is 110 cm³/mol. The Balaban J connectivity index is 1.61. The van der Waals surface area contributed by atoms with E-state index in [-0.39, 0.29) is 29.7 Å². The number of ether oxygens (including phenoxy) is 2. The van der Waals surface area contributed by atoms with Crippen molar-refractivity contribution in [2.24, 2.45) is 7.05 Å². The van der Waals surface area contributed by atoms with E-state index in [9.17, 15) is 18.4 Å². The van der Waals surface area contributed by atoms with E-state index in [4.69, 9.17) is 4.74 Å². The summed E-state index contributed by atoms with van der Waals surface area (Å²) >= 11 is 0. The molecule has 1 fully saturated rings. The van der Waals surface area contributed by atoms with E-state index in [0.29, 0.717) is 55.6 Å². The Morgan fingerprint density at radius 1 is 1.32 bits per heavy atom. The first-order valence-electron chi connectivity index (χ1n) is 10.1. The maximum absolute atomic E-state index is 13.2. The first-order valence-corrected chi connectivity index (χ1v) is 10.1. The lowest BCUT2D eigenvalue weighted by Crippen LogP contribution is -2.40. The van der Waals surface area contributed by atoms with Crippen molar-refractivity contribution in [3.63, 3.8) is 0 Å². The number of carbonyl (C=O) groups excluding carboxylic acids is 1. The number of nitrogens with zero attached hydrogens (tertiary/aromatic N) is 4. The third-order valence-corrected chi connectivity index (χ3v) is 5.65. The summed E-state index contributed by atoms with van der Waals surface area (Å²) in [7, 11) is 1.58. The molecule has 0 saturated carbocycles. The molecule has 0 N–H and O–H groups in total. The molecule has 10 heteroatoms. The number of hydrogen-bond donors (Lipinski definition) is 0. The van der Waals surface area contributed by atoms with E-state index >= 15 is 0 Å². The van der Waals surface area contributed by atoms with Gasteiger partial charge >= 0.3 is 6.61 Å². The van der Waals surface area contributed by atoms with Crippen molar-refractivity contribution in [2.75, 3.05) is 36.1 Å². The number of rotatable bonds is 5. The summed E-state index contributed by atoms with van der Waals surface area (Å²) in [5.74, 6) is 0.688. The number of morpholine rings is 1. The number of hydrogen-bond acceptors (Lipinski definition) is 6. The Hall–Kier alpha value is -3.01. The molecule has 2 aromatic rings. The summed E-state index contributed by atoms with van der Waals surface area (Å²) in [6, 6.07) is 6.00. The fourth-order valence-electron chi connectivity index (χ4n) is 4.10. The van der Waals surface area contributed by atoms with Gasteiger partial charge in [-0.05, 0) is 25.5 Å². The number of anilines is 2. The van der Waals surface area contributed by atoms with Crippen LogP contribution in [0, 0.1) is 0 Å². The van der Waals surface area contributed by atoms with Gasteiger partial charge in [-0.3, -0.25) is 14.2 Å². The molecule has 8 nitrogen and oxygen atoms in total. The Morgan fingerprint density at radius 3 is 2.77 bits per heavy atom. The molecule has 1 atom stereocenters. The average Bonchev–Trinajstić information content (AvgIpc) is 3.08. The van der Waals surface area contributed by atoms with Crippen molar-refractivity contribution < 1.29 is 23.0 Å². The Morgan fingerprint density at radius 2 is 2.06 bits per heavy atom. The zero-order valence-electron chi connectivity index (χ0n) is 17.4. The van der Waals surface area contributed by atoms with Crippen LogP contribution in [0.2, 0.25) is 0 Å². The number of halogens is 2. The van der Waals surface area contributed by atoms with Crippen LogP contribution in [0.5, 0.6) is 5.75 Å². The van der Waals surface area contributed by atoms with E-state index in [0.717, 1.165) is 0 Å². The molecule has 1 aromatic carbocycles. The SMILES string of the molecule is C[C@@H]1Cc2c(OC(F)F)cccc2N1C(=O)Cc1nc(N2CCOCC2)cc(=O)n1C. The van der Waals surface area contributed by atoms with Gasteiger partial charge in [0.25, 0.3) is 5.56 Å². The van der Waals surface area contributed by atoms with Crippen LogP contribution in [-0.2, 0) is 29.4 Å². The smallest absolute Gasteiger partial charge is 0.387 e. The molecule has 0 radical (unpaired) electrons. The van der Waals surface area contributed by atoms with Crippen LogP contribution in [-0.4, -0.2) is 54.4 Å². The summed E-state index contributed by atoms with van der Waals surface area (Å²) in [4.78, 5) is 33.8. The van der Waals surface area contributed by atoms with Crippen molar-refractivity contribution in [3.8, 4) is 5.75 Å². The molecule has 1 saturated heterocycles. The van der Waals surface area contributed by atoms with Crippen LogP contribution in [0.3, 0.4) is 0 Å². The molecule has 2 aliphatic rings. The Kier molecular flexibility index (Phi) is 5.90. The summed E-state index contributed by atoms with van der Waals surface area (Å²) in [5.41, 5.74) is 0.874.